The highest BCUT2D eigenvalue weighted by atomic mass is 16.2. The molecule has 6 heteroatoms. The minimum absolute atomic E-state index is 0.0826. The lowest BCUT2D eigenvalue weighted by atomic mass is 9.96. The lowest BCUT2D eigenvalue weighted by molar-refractivity contribution is -0.135. The summed E-state index contributed by atoms with van der Waals surface area (Å²) in [5.41, 5.74) is 0. The van der Waals surface area contributed by atoms with Gasteiger partial charge in [-0.3, -0.25) is 9.78 Å². The summed E-state index contributed by atoms with van der Waals surface area (Å²) >= 11 is 0. The third-order valence-corrected chi connectivity index (χ3v) is 5.55. The second-order valence-corrected chi connectivity index (χ2v) is 7.29. The smallest absolute Gasteiger partial charge is 0.227 e. The molecule has 2 saturated heterocycles. The lowest BCUT2D eigenvalue weighted by Gasteiger charge is -2.34. The molecular formula is C18H29N5O. The third-order valence-electron chi connectivity index (χ3n) is 5.55. The van der Waals surface area contributed by atoms with E-state index in [0.717, 1.165) is 51.3 Å². The first-order valence-corrected chi connectivity index (χ1v) is 9.06. The normalized spacial score (nSPS) is 27.8. The van der Waals surface area contributed by atoms with E-state index in [2.05, 4.69) is 45.7 Å². The second-order valence-electron chi connectivity index (χ2n) is 7.29. The largest absolute Gasteiger partial charge is 0.355 e. The minimum Gasteiger partial charge on any atom is -0.355 e. The van der Waals surface area contributed by atoms with Crippen molar-refractivity contribution in [1.82, 2.24) is 19.8 Å². The SMILES string of the molecule is CC[C@@H]1CN(C(=O)[C@H]2CCCN(c3cnccn3)C2)C[C@@H]1N(C)C. The van der Waals surface area contributed by atoms with E-state index in [1.807, 2.05) is 0 Å². The molecule has 0 radical (unpaired) electrons. The molecule has 3 rings (SSSR count). The summed E-state index contributed by atoms with van der Waals surface area (Å²) in [5.74, 6) is 1.88. The van der Waals surface area contributed by atoms with E-state index in [1.165, 1.54) is 0 Å². The fourth-order valence-electron chi connectivity index (χ4n) is 4.12. The van der Waals surface area contributed by atoms with E-state index in [1.54, 1.807) is 18.6 Å². The molecule has 3 atom stereocenters. The van der Waals surface area contributed by atoms with Crippen LogP contribution in [-0.4, -0.2) is 72.0 Å². The summed E-state index contributed by atoms with van der Waals surface area (Å²) in [5, 5.41) is 0. The average molecular weight is 331 g/mol. The summed E-state index contributed by atoms with van der Waals surface area (Å²) in [7, 11) is 4.25. The van der Waals surface area contributed by atoms with Gasteiger partial charge >= 0.3 is 0 Å². The third kappa shape index (κ3) is 3.53. The maximum atomic E-state index is 13.1. The van der Waals surface area contributed by atoms with Crippen LogP contribution in [0.15, 0.2) is 18.6 Å². The Hall–Kier alpha value is -1.69. The number of nitrogens with zero attached hydrogens (tertiary/aromatic N) is 5. The van der Waals surface area contributed by atoms with Gasteiger partial charge in [0.2, 0.25) is 5.91 Å². The van der Waals surface area contributed by atoms with Crippen molar-refractivity contribution in [3.63, 3.8) is 0 Å². The molecule has 1 amide bonds. The van der Waals surface area contributed by atoms with Crippen molar-refractivity contribution in [2.24, 2.45) is 11.8 Å². The fourth-order valence-corrected chi connectivity index (χ4v) is 4.12. The number of piperidine rings is 1. The van der Waals surface area contributed by atoms with Crippen molar-refractivity contribution in [1.29, 1.82) is 0 Å². The average Bonchev–Trinajstić information content (AvgIpc) is 3.06. The van der Waals surface area contributed by atoms with E-state index in [9.17, 15) is 4.79 Å². The van der Waals surface area contributed by atoms with Crippen molar-refractivity contribution in [3.05, 3.63) is 18.6 Å². The van der Waals surface area contributed by atoms with Crippen LogP contribution in [0.1, 0.15) is 26.2 Å². The Balaban J connectivity index is 1.65. The summed E-state index contributed by atoms with van der Waals surface area (Å²) in [6.07, 6.45) is 8.34. The number of likely N-dealkylation sites (tertiary alicyclic amines) is 1. The number of carbonyl (C=O) groups is 1. The molecule has 0 aromatic carbocycles. The van der Waals surface area contributed by atoms with Crippen LogP contribution in [0.5, 0.6) is 0 Å². The number of aromatic nitrogens is 2. The molecular weight excluding hydrogens is 302 g/mol. The van der Waals surface area contributed by atoms with Crippen LogP contribution in [0.2, 0.25) is 0 Å². The van der Waals surface area contributed by atoms with Gasteiger partial charge in [-0.25, -0.2) is 4.98 Å². The van der Waals surface area contributed by atoms with Gasteiger partial charge in [-0.05, 0) is 32.9 Å². The summed E-state index contributed by atoms with van der Waals surface area (Å²) in [6, 6.07) is 0.485. The van der Waals surface area contributed by atoms with Gasteiger partial charge in [-0.2, -0.15) is 0 Å². The Morgan fingerprint density at radius 3 is 2.75 bits per heavy atom. The fraction of sp³-hybridized carbons (Fsp3) is 0.722. The highest BCUT2D eigenvalue weighted by Gasteiger charge is 2.38. The van der Waals surface area contributed by atoms with Crippen LogP contribution in [-0.2, 0) is 4.79 Å². The van der Waals surface area contributed by atoms with Gasteiger partial charge in [-0.1, -0.05) is 13.3 Å². The summed E-state index contributed by atoms with van der Waals surface area (Å²) in [4.78, 5) is 28.2. The van der Waals surface area contributed by atoms with Crippen LogP contribution in [0.25, 0.3) is 0 Å². The molecule has 6 nitrogen and oxygen atoms in total. The molecule has 2 aliphatic rings. The van der Waals surface area contributed by atoms with Crippen molar-refractivity contribution < 1.29 is 4.79 Å². The Kier molecular flexibility index (Phi) is 5.33. The molecule has 2 fully saturated rings. The first kappa shape index (κ1) is 17.1. The number of rotatable bonds is 4. The van der Waals surface area contributed by atoms with Crippen LogP contribution in [0.4, 0.5) is 5.82 Å². The zero-order valence-corrected chi connectivity index (χ0v) is 15.1. The van der Waals surface area contributed by atoms with Gasteiger partial charge in [-0.15, -0.1) is 0 Å². The predicted molar refractivity (Wildman–Crippen MR) is 94.8 cm³/mol. The van der Waals surface area contributed by atoms with Gasteiger partial charge in [0.05, 0.1) is 12.1 Å². The Labute approximate surface area is 144 Å². The number of carbonyl (C=O) groups excluding carboxylic acids is 1. The van der Waals surface area contributed by atoms with E-state index in [-0.39, 0.29) is 5.92 Å². The molecule has 0 aliphatic carbocycles. The van der Waals surface area contributed by atoms with Crippen LogP contribution in [0, 0.1) is 11.8 Å². The Morgan fingerprint density at radius 1 is 1.29 bits per heavy atom. The second kappa shape index (κ2) is 7.47. The molecule has 1 aromatic heterocycles. The van der Waals surface area contributed by atoms with Gasteiger partial charge < -0.3 is 14.7 Å². The molecule has 24 heavy (non-hydrogen) atoms. The monoisotopic (exact) mass is 331 g/mol. The zero-order chi connectivity index (χ0) is 17.1. The number of likely N-dealkylation sites (N-methyl/N-ethyl adjacent to an activating group) is 1. The van der Waals surface area contributed by atoms with Crippen LogP contribution >= 0.6 is 0 Å². The maximum absolute atomic E-state index is 13.1. The zero-order valence-electron chi connectivity index (χ0n) is 15.1. The number of anilines is 1. The Bertz CT molecular complexity index is 550. The minimum atomic E-state index is 0.0826. The van der Waals surface area contributed by atoms with Crippen molar-refractivity contribution in [2.75, 3.05) is 45.2 Å². The first-order chi connectivity index (χ1) is 11.6. The van der Waals surface area contributed by atoms with Gasteiger partial charge in [0.1, 0.15) is 5.82 Å². The lowest BCUT2D eigenvalue weighted by Crippen LogP contribution is -2.45. The van der Waals surface area contributed by atoms with E-state index in [0.29, 0.717) is 17.9 Å². The molecule has 0 bridgehead atoms. The van der Waals surface area contributed by atoms with Crippen LogP contribution in [0.3, 0.4) is 0 Å². The molecule has 3 heterocycles. The summed E-state index contributed by atoms with van der Waals surface area (Å²) < 4.78 is 0. The molecule has 1 aromatic rings. The molecule has 2 aliphatic heterocycles. The van der Waals surface area contributed by atoms with E-state index >= 15 is 0 Å². The number of hydrogen-bond acceptors (Lipinski definition) is 5. The molecule has 0 spiro atoms. The van der Waals surface area contributed by atoms with Crippen LogP contribution < -0.4 is 4.90 Å². The van der Waals surface area contributed by atoms with Crippen molar-refractivity contribution >= 4 is 11.7 Å². The Morgan fingerprint density at radius 2 is 2.12 bits per heavy atom. The van der Waals surface area contributed by atoms with Gasteiger partial charge in [0.25, 0.3) is 0 Å². The highest BCUT2D eigenvalue weighted by Crippen LogP contribution is 2.28. The van der Waals surface area contributed by atoms with Gasteiger partial charge in [0, 0.05) is 44.6 Å². The topological polar surface area (TPSA) is 52.6 Å². The maximum Gasteiger partial charge on any atom is 0.227 e. The predicted octanol–water partition coefficient (Wildman–Crippen LogP) is 1.49. The first-order valence-electron chi connectivity index (χ1n) is 9.06. The van der Waals surface area contributed by atoms with E-state index in [4.69, 9.17) is 0 Å². The number of hydrogen-bond donors (Lipinski definition) is 0. The number of amides is 1. The highest BCUT2D eigenvalue weighted by molar-refractivity contribution is 5.80. The molecule has 0 unspecified atom stereocenters. The van der Waals surface area contributed by atoms with Crippen molar-refractivity contribution in [2.45, 2.75) is 32.2 Å². The summed E-state index contributed by atoms with van der Waals surface area (Å²) in [6.45, 7) is 5.72. The molecule has 0 saturated carbocycles. The van der Waals surface area contributed by atoms with Crippen molar-refractivity contribution in [3.8, 4) is 0 Å². The quantitative estimate of drug-likeness (QED) is 0.837. The molecule has 132 valence electrons. The van der Waals surface area contributed by atoms with Gasteiger partial charge in [0.15, 0.2) is 0 Å². The van der Waals surface area contributed by atoms with E-state index < -0.39 is 0 Å². The standard InChI is InChI=1S/C18H29N5O/c1-4-14-11-23(13-16(14)21(2)3)18(24)15-6-5-9-22(12-15)17-10-19-7-8-20-17/h7-8,10,14-16H,4-6,9,11-13H2,1-3H3/t14-,15+,16+/m1/s1. The molecule has 0 N–H and O–H groups in total.